The maximum Gasteiger partial charge on any atom is 0.226 e. The van der Waals surface area contributed by atoms with Gasteiger partial charge >= 0.3 is 0 Å². The molecular weight excluding hydrogens is 176 g/mol. The topological polar surface area (TPSA) is 46.3 Å². The van der Waals surface area contributed by atoms with E-state index in [1.54, 1.807) is 11.9 Å². The number of nitrogens with two attached hydrogens (primary N) is 1. The number of nitrogens with zero attached hydrogens (tertiary/aromatic N) is 1. The summed E-state index contributed by atoms with van der Waals surface area (Å²) in [6.07, 6.45) is 0.449. The van der Waals surface area contributed by atoms with Crippen LogP contribution in [0.15, 0.2) is 24.3 Å². The van der Waals surface area contributed by atoms with Crippen molar-refractivity contribution in [2.75, 3.05) is 19.3 Å². The molecule has 0 unspecified atom stereocenters. The quantitative estimate of drug-likeness (QED) is 0.733. The van der Waals surface area contributed by atoms with E-state index >= 15 is 0 Å². The van der Waals surface area contributed by atoms with Gasteiger partial charge in [0, 0.05) is 19.3 Å². The van der Waals surface area contributed by atoms with Crippen LogP contribution < -0.4 is 5.73 Å². The molecule has 0 saturated carbocycles. The van der Waals surface area contributed by atoms with Gasteiger partial charge in [-0.15, -0.1) is 0 Å². The predicted molar refractivity (Wildman–Crippen MR) is 57.9 cm³/mol. The molecular formula is C11H16N2O. The largest absolute Gasteiger partial charge is 0.399 e. The van der Waals surface area contributed by atoms with Crippen molar-refractivity contribution in [1.29, 1.82) is 0 Å². The Balaban J connectivity index is 2.60. The molecule has 0 saturated heterocycles. The normalized spacial score (nSPS) is 9.86. The molecule has 14 heavy (non-hydrogen) atoms. The first kappa shape index (κ1) is 10.6. The molecule has 0 heterocycles. The Morgan fingerprint density at radius 2 is 1.93 bits per heavy atom. The van der Waals surface area contributed by atoms with Gasteiger partial charge in [-0.2, -0.15) is 0 Å². The standard InChI is InChI=1S/C11H16N2O/c1-3-13(2)11(14)8-9-4-6-10(12)7-5-9/h4-7H,3,8,12H2,1-2H3. The fourth-order valence-corrected chi connectivity index (χ4v) is 1.12. The van der Waals surface area contributed by atoms with E-state index in [4.69, 9.17) is 5.73 Å². The minimum Gasteiger partial charge on any atom is -0.399 e. The third-order valence-corrected chi connectivity index (χ3v) is 2.24. The number of hydrogen-bond donors (Lipinski definition) is 1. The second-order valence-electron chi connectivity index (χ2n) is 3.33. The SMILES string of the molecule is CCN(C)C(=O)Cc1ccc(N)cc1. The van der Waals surface area contributed by atoms with E-state index in [2.05, 4.69) is 0 Å². The van der Waals surface area contributed by atoms with Crippen molar-refractivity contribution in [2.24, 2.45) is 0 Å². The highest BCUT2D eigenvalue weighted by Crippen LogP contribution is 2.06. The molecule has 0 aromatic heterocycles. The average Bonchev–Trinajstić information content (AvgIpc) is 2.20. The first-order valence-electron chi connectivity index (χ1n) is 4.72. The zero-order valence-corrected chi connectivity index (χ0v) is 8.66. The molecule has 0 aliphatic carbocycles. The van der Waals surface area contributed by atoms with E-state index in [-0.39, 0.29) is 5.91 Å². The van der Waals surface area contributed by atoms with E-state index in [0.29, 0.717) is 6.42 Å². The average molecular weight is 192 g/mol. The van der Waals surface area contributed by atoms with Gasteiger partial charge in [0.05, 0.1) is 6.42 Å². The molecule has 0 aliphatic heterocycles. The summed E-state index contributed by atoms with van der Waals surface area (Å²) < 4.78 is 0. The van der Waals surface area contributed by atoms with Gasteiger partial charge in [-0.1, -0.05) is 12.1 Å². The summed E-state index contributed by atoms with van der Waals surface area (Å²) in [7, 11) is 1.81. The van der Waals surface area contributed by atoms with E-state index < -0.39 is 0 Å². The molecule has 1 aromatic rings. The number of carbonyl (C=O) groups excluding carboxylic acids is 1. The predicted octanol–water partition coefficient (Wildman–Crippen LogP) is 1.29. The van der Waals surface area contributed by atoms with Gasteiger partial charge in [-0.05, 0) is 24.6 Å². The molecule has 3 nitrogen and oxygen atoms in total. The van der Waals surface area contributed by atoms with Gasteiger partial charge in [0.15, 0.2) is 0 Å². The minimum atomic E-state index is 0.136. The van der Waals surface area contributed by atoms with Crippen molar-refractivity contribution < 1.29 is 4.79 Å². The molecule has 1 amide bonds. The van der Waals surface area contributed by atoms with Crippen molar-refractivity contribution in [3.63, 3.8) is 0 Å². The van der Waals surface area contributed by atoms with Gasteiger partial charge in [-0.25, -0.2) is 0 Å². The van der Waals surface area contributed by atoms with Gasteiger partial charge in [0.2, 0.25) is 5.91 Å². The summed E-state index contributed by atoms with van der Waals surface area (Å²) in [6.45, 7) is 2.70. The van der Waals surface area contributed by atoms with Crippen LogP contribution in [0.5, 0.6) is 0 Å². The molecule has 1 rings (SSSR count). The van der Waals surface area contributed by atoms with Crippen LogP contribution in [0.3, 0.4) is 0 Å². The van der Waals surface area contributed by atoms with E-state index in [1.807, 2.05) is 31.2 Å². The molecule has 0 atom stereocenters. The second-order valence-corrected chi connectivity index (χ2v) is 3.33. The molecule has 1 aromatic carbocycles. The van der Waals surface area contributed by atoms with Crippen LogP contribution in [0.25, 0.3) is 0 Å². The number of amides is 1. The van der Waals surface area contributed by atoms with Gasteiger partial charge in [-0.3, -0.25) is 4.79 Å². The van der Waals surface area contributed by atoms with Crippen LogP contribution in [-0.4, -0.2) is 24.4 Å². The Hall–Kier alpha value is -1.51. The number of rotatable bonds is 3. The molecule has 0 spiro atoms. The summed E-state index contributed by atoms with van der Waals surface area (Å²) in [5.74, 6) is 0.136. The van der Waals surface area contributed by atoms with E-state index in [9.17, 15) is 4.79 Å². The summed E-state index contributed by atoms with van der Waals surface area (Å²) >= 11 is 0. The highest BCUT2D eigenvalue weighted by Gasteiger charge is 2.06. The Labute approximate surface area is 84.5 Å². The fourth-order valence-electron chi connectivity index (χ4n) is 1.12. The van der Waals surface area contributed by atoms with Gasteiger partial charge in [0.1, 0.15) is 0 Å². The number of likely N-dealkylation sites (N-methyl/N-ethyl adjacent to an activating group) is 1. The zero-order valence-electron chi connectivity index (χ0n) is 8.66. The second kappa shape index (κ2) is 4.65. The maximum absolute atomic E-state index is 11.5. The molecule has 0 fully saturated rings. The fraction of sp³-hybridized carbons (Fsp3) is 0.364. The van der Waals surface area contributed by atoms with Crippen LogP contribution in [0, 0.1) is 0 Å². The number of nitrogen functional groups attached to an aromatic ring is 1. The lowest BCUT2D eigenvalue weighted by atomic mass is 10.1. The highest BCUT2D eigenvalue weighted by atomic mass is 16.2. The number of carbonyl (C=O) groups is 1. The monoisotopic (exact) mass is 192 g/mol. The van der Waals surface area contributed by atoms with E-state index in [1.165, 1.54) is 0 Å². The van der Waals surface area contributed by atoms with Crippen LogP contribution >= 0.6 is 0 Å². The summed E-state index contributed by atoms with van der Waals surface area (Å²) in [6, 6.07) is 7.40. The smallest absolute Gasteiger partial charge is 0.226 e. The summed E-state index contributed by atoms with van der Waals surface area (Å²) in [4.78, 5) is 13.2. The van der Waals surface area contributed by atoms with Crippen LogP contribution in [-0.2, 0) is 11.2 Å². The van der Waals surface area contributed by atoms with Crippen molar-refractivity contribution in [2.45, 2.75) is 13.3 Å². The molecule has 3 heteroatoms. The zero-order chi connectivity index (χ0) is 10.6. The lowest BCUT2D eigenvalue weighted by Crippen LogP contribution is -2.27. The first-order valence-corrected chi connectivity index (χ1v) is 4.72. The Morgan fingerprint density at radius 1 is 1.36 bits per heavy atom. The number of benzene rings is 1. The van der Waals surface area contributed by atoms with Crippen molar-refractivity contribution in [1.82, 2.24) is 4.90 Å². The molecule has 0 aliphatic rings. The van der Waals surface area contributed by atoms with Crippen molar-refractivity contribution in [3.05, 3.63) is 29.8 Å². The lowest BCUT2D eigenvalue weighted by Gasteiger charge is -2.14. The molecule has 0 radical (unpaired) electrons. The Morgan fingerprint density at radius 3 is 2.43 bits per heavy atom. The molecule has 76 valence electrons. The first-order chi connectivity index (χ1) is 6.63. The highest BCUT2D eigenvalue weighted by molar-refractivity contribution is 5.78. The maximum atomic E-state index is 11.5. The molecule has 0 bridgehead atoms. The summed E-state index contributed by atoms with van der Waals surface area (Å²) in [5.41, 5.74) is 7.28. The minimum absolute atomic E-state index is 0.136. The lowest BCUT2D eigenvalue weighted by molar-refractivity contribution is -0.128. The van der Waals surface area contributed by atoms with Gasteiger partial charge < -0.3 is 10.6 Å². The number of anilines is 1. The van der Waals surface area contributed by atoms with Gasteiger partial charge in [0.25, 0.3) is 0 Å². The third kappa shape index (κ3) is 2.76. The number of hydrogen-bond acceptors (Lipinski definition) is 2. The molecule has 2 N–H and O–H groups in total. The summed E-state index contributed by atoms with van der Waals surface area (Å²) in [5, 5.41) is 0. The van der Waals surface area contributed by atoms with E-state index in [0.717, 1.165) is 17.8 Å². The Kier molecular flexibility index (Phi) is 3.51. The van der Waals surface area contributed by atoms with Crippen LogP contribution in [0.4, 0.5) is 5.69 Å². The van der Waals surface area contributed by atoms with Crippen molar-refractivity contribution >= 4 is 11.6 Å². The van der Waals surface area contributed by atoms with Crippen LogP contribution in [0.1, 0.15) is 12.5 Å². The van der Waals surface area contributed by atoms with Crippen molar-refractivity contribution in [3.8, 4) is 0 Å². The van der Waals surface area contributed by atoms with Crippen LogP contribution in [0.2, 0.25) is 0 Å². The third-order valence-electron chi connectivity index (χ3n) is 2.24. The Bertz CT molecular complexity index is 306.